The van der Waals surface area contributed by atoms with E-state index in [0.29, 0.717) is 17.9 Å². The van der Waals surface area contributed by atoms with Crippen molar-refractivity contribution in [3.8, 4) is 16.9 Å². The molecule has 0 spiro atoms. The maximum absolute atomic E-state index is 14.0. The van der Waals surface area contributed by atoms with Gasteiger partial charge in [0.2, 0.25) is 10.0 Å². The van der Waals surface area contributed by atoms with Gasteiger partial charge in [0.25, 0.3) is 5.91 Å². The van der Waals surface area contributed by atoms with Crippen molar-refractivity contribution in [3.63, 3.8) is 0 Å². The zero-order valence-corrected chi connectivity index (χ0v) is 18.8. The van der Waals surface area contributed by atoms with Crippen LogP contribution in [0, 0.1) is 17.5 Å². The predicted octanol–water partition coefficient (Wildman–Crippen LogP) is 3.68. The Hall–Kier alpha value is -3.37. The maximum atomic E-state index is 14.0. The molecule has 0 saturated carbocycles. The van der Waals surface area contributed by atoms with Crippen LogP contribution in [-0.2, 0) is 14.8 Å². The van der Waals surface area contributed by atoms with E-state index in [2.05, 4.69) is 0 Å². The van der Waals surface area contributed by atoms with Gasteiger partial charge < -0.3 is 9.64 Å². The van der Waals surface area contributed by atoms with Gasteiger partial charge >= 0.3 is 0 Å². The number of hydrogen-bond donors (Lipinski definition) is 0. The molecule has 0 unspecified atom stereocenters. The summed E-state index contributed by atoms with van der Waals surface area (Å²) in [5.74, 6) is -4.87. The molecule has 0 radical (unpaired) electrons. The lowest BCUT2D eigenvalue weighted by Gasteiger charge is -2.34. The summed E-state index contributed by atoms with van der Waals surface area (Å²) in [5, 5.41) is 0. The molecule has 6 nitrogen and oxygen atoms in total. The first-order valence-electron chi connectivity index (χ1n) is 10.5. The average Bonchev–Trinajstić information content (AvgIpc) is 2.86. The van der Waals surface area contributed by atoms with E-state index in [1.807, 2.05) is 42.5 Å². The molecule has 0 N–H and O–H groups in total. The molecule has 1 heterocycles. The fourth-order valence-electron chi connectivity index (χ4n) is 3.70. The maximum Gasteiger partial charge on any atom is 0.260 e. The molecule has 0 atom stereocenters. The second-order valence-corrected chi connectivity index (χ2v) is 9.52. The van der Waals surface area contributed by atoms with E-state index in [4.69, 9.17) is 4.74 Å². The van der Waals surface area contributed by atoms with Crippen LogP contribution in [-0.4, -0.2) is 56.3 Å². The highest BCUT2D eigenvalue weighted by Gasteiger charge is 2.33. The lowest BCUT2D eigenvalue weighted by Crippen LogP contribution is -2.51. The standard InChI is InChI=1S/C24H21F3N2O4S/c25-19-10-11-21(24(27)23(19)26)34(31,32)29-14-12-28(13-15-29)22(30)16-33-20-9-5-4-8-18(20)17-6-2-1-3-7-17/h1-11H,12-16H2. The number of carbonyl (C=O) groups excluding carboxylic acids is 1. The number of nitrogens with zero attached hydrogens (tertiary/aromatic N) is 2. The van der Waals surface area contributed by atoms with Crippen LogP contribution < -0.4 is 4.74 Å². The van der Waals surface area contributed by atoms with E-state index in [1.165, 1.54) is 4.90 Å². The van der Waals surface area contributed by atoms with Gasteiger partial charge in [-0.25, -0.2) is 21.6 Å². The summed E-state index contributed by atoms with van der Waals surface area (Å²) in [7, 11) is -4.39. The van der Waals surface area contributed by atoms with E-state index in [9.17, 15) is 26.4 Å². The minimum Gasteiger partial charge on any atom is -0.483 e. The van der Waals surface area contributed by atoms with Crippen LogP contribution in [0.1, 0.15) is 0 Å². The molecule has 1 aliphatic heterocycles. The van der Waals surface area contributed by atoms with Crippen LogP contribution in [0.15, 0.2) is 71.6 Å². The van der Waals surface area contributed by atoms with E-state index in [0.717, 1.165) is 15.4 Å². The molecule has 4 rings (SSSR count). The minimum atomic E-state index is -4.39. The quantitative estimate of drug-likeness (QED) is 0.495. The van der Waals surface area contributed by atoms with E-state index >= 15 is 0 Å². The fraction of sp³-hybridized carbons (Fsp3) is 0.208. The zero-order chi connectivity index (χ0) is 24.3. The Morgan fingerprint density at radius 1 is 0.824 bits per heavy atom. The fourth-order valence-corrected chi connectivity index (χ4v) is 5.18. The van der Waals surface area contributed by atoms with Gasteiger partial charge in [0.1, 0.15) is 10.6 Å². The van der Waals surface area contributed by atoms with Gasteiger partial charge in [-0.05, 0) is 23.8 Å². The first-order valence-corrected chi connectivity index (χ1v) is 11.9. The van der Waals surface area contributed by atoms with Gasteiger partial charge in [0.15, 0.2) is 24.1 Å². The van der Waals surface area contributed by atoms with Gasteiger partial charge in [-0.3, -0.25) is 4.79 Å². The topological polar surface area (TPSA) is 66.9 Å². The Morgan fingerprint density at radius 2 is 1.47 bits per heavy atom. The summed E-state index contributed by atoms with van der Waals surface area (Å²) in [6.07, 6.45) is 0. The molecular weight excluding hydrogens is 469 g/mol. The highest BCUT2D eigenvalue weighted by Crippen LogP contribution is 2.29. The lowest BCUT2D eigenvalue weighted by atomic mass is 10.1. The van der Waals surface area contributed by atoms with Gasteiger partial charge in [0.05, 0.1) is 0 Å². The molecule has 1 amide bonds. The Balaban J connectivity index is 1.38. The first kappa shape index (κ1) is 23.8. The number of halogens is 3. The molecule has 1 fully saturated rings. The lowest BCUT2D eigenvalue weighted by molar-refractivity contribution is -0.134. The number of piperazine rings is 1. The number of benzene rings is 3. The molecule has 3 aromatic rings. The van der Waals surface area contributed by atoms with Gasteiger partial charge in [-0.2, -0.15) is 4.31 Å². The van der Waals surface area contributed by atoms with Gasteiger partial charge in [-0.15, -0.1) is 0 Å². The largest absolute Gasteiger partial charge is 0.483 e. The van der Waals surface area contributed by atoms with Crippen LogP contribution in [0.2, 0.25) is 0 Å². The summed E-state index contributed by atoms with van der Waals surface area (Å²) in [4.78, 5) is 13.2. The number of para-hydroxylation sites is 1. The van der Waals surface area contributed by atoms with Gasteiger partial charge in [0, 0.05) is 31.7 Å². The van der Waals surface area contributed by atoms with Crippen molar-refractivity contribution in [2.75, 3.05) is 32.8 Å². The highest BCUT2D eigenvalue weighted by molar-refractivity contribution is 7.89. The van der Waals surface area contributed by atoms with E-state index < -0.39 is 32.4 Å². The number of sulfonamides is 1. The average molecular weight is 491 g/mol. The summed E-state index contributed by atoms with van der Waals surface area (Å²) >= 11 is 0. The Labute approximate surface area is 195 Å². The van der Waals surface area contributed by atoms with Crippen LogP contribution in [0.25, 0.3) is 11.1 Å². The normalized spacial score (nSPS) is 14.7. The molecule has 178 valence electrons. The number of hydrogen-bond acceptors (Lipinski definition) is 4. The molecule has 0 aliphatic carbocycles. The van der Waals surface area contributed by atoms with Crippen LogP contribution >= 0.6 is 0 Å². The van der Waals surface area contributed by atoms with Gasteiger partial charge in [-0.1, -0.05) is 48.5 Å². The van der Waals surface area contributed by atoms with E-state index in [1.54, 1.807) is 12.1 Å². The molecule has 34 heavy (non-hydrogen) atoms. The van der Waals surface area contributed by atoms with E-state index in [-0.39, 0.29) is 38.7 Å². The predicted molar refractivity (Wildman–Crippen MR) is 119 cm³/mol. The highest BCUT2D eigenvalue weighted by atomic mass is 32.2. The van der Waals surface area contributed by atoms with Crippen molar-refractivity contribution in [1.82, 2.24) is 9.21 Å². The molecule has 10 heteroatoms. The van der Waals surface area contributed by atoms with Crippen molar-refractivity contribution in [3.05, 3.63) is 84.2 Å². The Bertz CT molecular complexity index is 1290. The van der Waals surface area contributed by atoms with Crippen molar-refractivity contribution < 1.29 is 31.1 Å². The second-order valence-electron chi connectivity index (χ2n) is 7.61. The summed E-state index contributed by atoms with van der Waals surface area (Å²) < 4.78 is 72.8. The third-order valence-electron chi connectivity index (χ3n) is 5.53. The van der Waals surface area contributed by atoms with Crippen LogP contribution in [0.5, 0.6) is 5.75 Å². The summed E-state index contributed by atoms with van der Waals surface area (Å²) in [5.41, 5.74) is 1.77. The third-order valence-corrected chi connectivity index (χ3v) is 7.45. The Kier molecular flexibility index (Phi) is 6.90. The summed E-state index contributed by atoms with van der Waals surface area (Å²) in [6.45, 7) is -0.380. The molecule has 1 saturated heterocycles. The zero-order valence-electron chi connectivity index (χ0n) is 18.0. The second kappa shape index (κ2) is 9.86. The smallest absolute Gasteiger partial charge is 0.260 e. The van der Waals surface area contributed by atoms with Crippen LogP contribution in [0.4, 0.5) is 13.2 Å². The number of amides is 1. The Morgan fingerprint density at radius 3 is 2.18 bits per heavy atom. The van der Waals surface area contributed by atoms with Crippen molar-refractivity contribution in [2.24, 2.45) is 0 Å². The molecule has 0 aromatic heterocycles. The molecule has 3 aromatic carbocycles. The summed E-state index contributed by atoms with van der Waals surface area (Å²) in [6, 6.07) is 18.1. The number of carbonyl (C=O) groups is 1. The third kappa shape index (κ3) is 4.78. The first-order chi connectivity index (χ1) is 16.3. The van der Waals surface area contributed by atoms with Crippen molar-refractivity contribution in [2.45, 2.75) is 4.90 Å². The minimum absolute atomic E-state index is 0.0487. The molecule has 0 bridgehead atoms. The van der Waals surface area contributed by atoms with Crippen LogP contribution in [0.3, 0.4) is 0 Å². The monoisotopic (exact) mass is 490 g/mol. The van der Waals surface area contributed by atoms with Crippen molar-refractivity contribution >= 4 is 15.9 Å². The SMILES string of the molecule is O=C(COc1ccccc1-c1ccccc1)N1CCN(S(=O)(=O)c2ccc(F)c(F)c2F)CC1. The molecular formula is C24H21F3N2O4S. The number of ether oxygens (including phenoxy) is 1. The molecule has 1 aliphatic rings. The number of rotatable bonds is 6. The van der Waals surface area contributed by atoms with Crippen molar-refractivity contribution in [1.29, 1.82) is 0 Å².